The van der Waals surface area contributed by atoms with E-state index in [2.05, 4.69) is 16.0 Å². The lowest BCUT2D eigenvalue weighted by molar-refractivity contribution is -0.115. The maximum Gasteiger partial charge on any atom is 0.258 e. The molecule has 0 aliphatic heterocycles. The third kappa shape index (κ3) is 5.06. The van der Waals surface area contributed by atoms with Gasteiger partial charge in [-0.3, -0.25) is 9.59 Å². The van der Waals surface area contributed by atoms with Crippen LogP contribution >= 0.6 is 11.3 Å². The van der Waals surface area contributed by atoms with Crippen molar-refractivity contribution in [1.82, 2.24) is 5.32 Å². The highest BCUT2D eigenvalue weighted by atomic mass is 32.1. The molecule has 2 amide bonds. The predicted molar refractivity (Wildman–Crippen MR) is 119 cm³/mol. The van der Waals surface area contributed by atoms with E-state index in [1.807, 2.05) is 30.3 Å². The molecular weight excluding hydrogens is 382 g/mol. The zero-order valence-electron chi connectivity index (χ0n) is 16.8. The smallest absolute Gasteiger partial charge is 0.258 e. The lowest BCUT2D eigenvalue weighted by Crippen LogP contribution is -2.37. The van der Waals surface area contributed by atoms with Gasteiger partial charge in [0.05, 0.1) is 12.1 Å². The van der Waals surface area contributed by atoms with Crippen LogP contribution in [0.3, 0.4) is 0 Å². The first-order valence-corrected chi connectivity index (χ1v) is 11.6. The summed E-state index contributed by atoms with van der Waals surface area (Å²) in [6.07, 6.45) is 10.2. The first-order chi connectivity index (χ1) is 14.2. The molecule has 2 aliphatic rings. The van der Waals surface area contributed by atoms with E-state index in [0.717, 1.165) is 49.8 Å². The van der Waals surface area contributed by atoms with Crippen molar-refractivity contribution in [3.8, 4) is 0 Å². The van der Waals surface area contributed by atoms with E-state index < -0.39 is 0 Å². The van der Waals surface area contributed by atoms with E-state index in [1.54, 1.807) is 11.3 Å². The predicted octanol–water partition coefficient (Wildman–Crippen LogP) is 4.74. The fourth-order valence-electron chi connectivity index (χ4n) is 4.32. The largest absolute Gasteiger partial charge is 0.322 e. The van der Waals surface area contributed by atoms with Gasteiger partial charge in [0.15, 0.2) is 0 Å². The quantitative estimate of drug-likeness (QED) is 0.643. The molecule has 2 aromatic rings. The molecule has 3 N–H and O–H groups in total. The van der Waals surface area contributed by atoms with Gasteiger partial charge in [0, 0.05) is 16.6 Å². The number of carbonyl (C=O) groups excluding carboxylic acids is 2. The average Bonchev–Trinajstić information content (AvgIpc) is 3.11. The molecule has 4 rings (SSSR count). The maximum atomic E-state index is 13.1. The number of hydrogen-bond donors (Lipinski definition) is 3. The standard InChI is InChI=1S/C23H29N3O2S/c27-20(15-24-16-9-3-1-4-10-16)26-23-21(18-13-7-8-14-19(18)29-23)22(28)25-17-11-5-2-6-12-17/h2,5-6,11-12,16,24H,1,3-4,7-10,13-15H2,(H,25,28)(H,26,27). The summed E-state index contributed by atoms with van der Waals surface area (Å²) in [4.78, 5) is 26.9. The molecule has 0 unspecified atom stereocenters. The molecule has 1 saturated carbocycles. The van der Waals surface area contributed by atoms with Crippen LogP contribution in [-0.4, -0.2) is 24.4 Å². The van der Waals surface area contributed by atoms with Crippen molar-refractivity contribution in [1.29, 1.82) is 0 Å². The Hall–Kier alpha value is -2.18. The fraction of sp³-hybridized carbons (Fsp3) is 0.478. The lowest BCUT2D eigenvalue weighted by Gasteiger charge is -2.22. The Kier molecular flexibility index (Phi) is 6.62. The van der Waals surface area contributed by atoms with Gasteiger partial charge in [-0.05, 0) is 56.2 Å². The van der Waals surface area contributed by atoms with Crippen molar-refractivity contribution in [2.24, 2.45) is 0 Å². The minimum absolute atomic E-state index is 0.0667. The van der Waals surface area contributed by atoms with Crippen molar-refractivity contribution in [3.05, 3.63) is 46.3 Å². The zero-order chi connectivity index (χ0) is 20.1. The Balaban J connectivity index is 1.47. The van der Waals surface area contributed by atoms with Gasteiger partial charge in [-0.15, -0.1) is 11.3 Å². The van der Waals surface area contributed by atoms with E-state index in [0.29, 0.717) is 23.2 Å². The number of rotatable bonds is 6. The third-order valence-corrected chi connectivity index (χ3v) is 7.05. The molecule has 1 aromatic heterocycles. The van der Waals surface area contributed by atoms with E-state index in [-0.39, 0.29) is 11.8 Å². The van der Waals surface area contributed by atoms with Crippen LogP contribution in [0, 0.1) is 0 Å². The number of aryl methyl sites for hydroxylation is 1. The molecule has 6 heteroatoms. The highest BCUT2D eigenvalue weighted by Gasteiger charge is 2.26. The van der Waals surface area contributed by atoms with Crippen molar-refractivity contribution in [2.75, 3.05) is 17.2 Å². The van der Waals surface area contributed by atoms with Gasteiger partial charge in [-0.1, -0.05) is 37.5 Å². The molecule has 29 heavy (non-hydrogen) atoms. The molecule has 5 nitrogen and oxygen atoms in total. The molecule has 1 aromatic carbocycles. The monoisotopic (exact) mass is 411 g/mol. The first kappa shape index (κ1) is 20.1. The number of amides is 2. The van der Waals surface area contributed by atoms with Gasteiger partial charge in [0.1, 0.15) is 5.00 Å². The molecule has 2 aliphatic carbocycles. The lowest BCUT2D eigenvalue weighted by atomic mass is 9.95. The van der Waals surface area contributed by atoms with Crippen molar-refractivity contribution < 1.29 is 9.59 Å². The minimum atomic E-state index is -0.133. The second-order valence-corrected chi connectivity index (χ2v) is 9.10. The number of benzene rings is 1. The molecule has 0 radical (unpaired) electrons. The number of para-hydroxylation sites is 1. The summed E-state index contributed by atoms with van der Waals surface area (Å²) in [5.41, 5.74) is 2.54. The number of anilines is 2. The summed E-state index contributed by atoms with van der Waals surface area (Å²) in [5, 5.41) is 10.1. The molecular formula is C23H29N3O2S. The van der Waals surface area contributed by atoms with Crippen LogP contribution in [0.2, 0.25) is 0 Å². The second-order valence-electron chi connectivity index (χ2n) is 8.00. The second kappa shape index (κ2) is 9.55. The Labute approximate surface area is 176 Å². The Morgan fingerprint density at radius 1 is 0.931 bits per heavy atom. The van der Waals surface area contributed by atoms with Gasteiger partial charge in [0.2, 0.25) is 5.91 Å². The number of thiophene rings is 1. The third-order valence-electron chi connectivity index (χ3n) is 5.84. The molecule has 0 spiro atoms. The summed E-state index contributed by atoms with van der Waals surface area (Å²) in [6, 6.07) is 9.92. The number of carbonyl (C=O) groups is 2. The molecule has 154 valence electrons. The van der Waals surface area contributed by atoms with Crippen molar-refractivity contribution in [2.45, 2.75) is 63.8 Å². The summed E-state index contributed by atoms with van der Waals surface area (Å²) < 4.78 is 0. The van der Waals surface area contributed by atoms with Crippen LogP contribution in [0.25, 0.3) is 0 Å². The van der Waals surface area contributed by atoms with E-state index in [9.17, 15) is 9.59 Å². The first-order valence-electron chi connectivity index (χ1n) is 10.7. The Morgan fingerprint density at radius 2 is 1.69 bits per heavy atom. The van der Waals surface area contributed by atoms with Gasteiger partial charge in [-0.2, -0.15) is 0 Å². The van der Waals surface area contributed by atoms with E-state index in [1.165, 1.54) is 24.1 Å². The number of hydrogen-bond acceptors (Lipinski definition) is 4. The summed E-state index contributed by atoms with van der Waals surface area (Å²) in [6.45, 7) is 0.299. The van der Waals surface area contributed by atoms with E-state index >= 15 is 0 Å². The molecule has 1 fully saturated rings. The van der Waals surface area contributed by atoms with Crippen molar-refractivity contribution >= 4 is 33.8 Å². The van der Waals surface area contributed by atoms with Crippen LogP contribution in [0.15, 0.2) is 30.3 Å². The van der Waals surface area contributed by atoms with Crippen LogP contribution < -0.4 is 16.0 Å². The normalized spacial score (nSPS) is 16.8. The van der Waals surface area contributed by atoms with Gasteiger partial charge < -0.3 is 16.0 Å². The number of fused-ring (bicyclic) bond motifs is 1. The minimum Gasteiger partial charge on any atom is -0.322 e. The highest BCUT2D eigenvalue weighted by Crippen LogP contribution is 2.38. The maximum absolute atomic E-state index is 13.1. The van der Waals surface area contributed by atoms with Crippen LogP contribution in [0.1, 0.15) is 65.7 Å². The fourth-order valence-corrected chi connectivity index (χ4v) is 5.63. The van der Waals surface area contributed by atoms with Crippen LogP contribution in [-0.2, 0) is 17.6 Å². The van der Waals surface area contributed by atoms with Crippen LogP contribution in [0.5, 0.6) is 0 Å². The molecule has 0 bridgehead atoms. The zero-order valence-corrected chi connectivity index (χ0v) is 17.6. The highest BCUT2D eigenvalue weighted by molar-refractivity contribution is 7.17. The van der Waals surface area contributed by atoms with Gasteiger partial charge in [-0.25, -0.2) is 0 Å². The Morgan fingerprint density at radius 3 is 2.48 bits per heavy atom. The molecule has 0 saturated heterocycles. The van der Waals surface area contributed by atoms with Gasteiger partial charge in [0.25, 0.3) is 5.91 Å². The van der Waals surface area contributed by atoms with E-state index in [4.69, 9.17) is 0 Å². The van der Waals surface area contributed by atoms with Crippen LogP contribution in [0.4, 0.5) is 10.7 Å². The summed E-state index contributed by atoms with van der Waals surface area (Å²) >= 11 is 1.57. The van der Waals surface area contributed by atoms with Crippen molar-refractivity contribution in [3.63, 3.8) is 0 Å². The SMILES string of the molecule is O=C(CNC1CCCCC1)Nc1sc2c(c1C(=O)Nc1ccccc1)CCCC2. The number of nitrogens with one attached hydrogen (secondary N) is 3. The summed E-state index contributed by atoms with van der Waals surface area (Å²) in [7, 11) is 0. The molecule has 0 atom stereocenters. The topological polar surface area (TPSA) is 70.2 Å². The Bertz CT molecular complexity index is 857. The molecule has 1 heterocycles. The summed E-state index contributed by atoms with van der Waals surface area (Å²) in [5.74, 6) is -0.200. The average molecular weight is 412 g/mol. The van der Waals surface area contributed by atoms with Gasteiger partial charge >= 0.3 is 0 Å².